The molecule has 0 aliphatic rings. The van der Waals surface area contributed by atoms with Crippen LogP contribution in [-0.2, 0) is 3.74 Å². The van der Waals surface area contributed by atoms with Gasteiger partial charge in [0.05, 0.1) is 0 Å². The fourth-order valence-corrected chi connectivity index (χ4v) is 2.88. The molecule has 0 atom stereocenters. The van der Waals surface area contributed by atoms with Crippen molar-refractivity contribution < 1.29 is 16.9 Å². The Morgan fingerprint density at radius 3 is 2.36 bits per heavy atom. The van der Waals surface area contributed by atoms with Crippen LogP contribution in [0.1, 0.15) is 0 Å². The molecule has 0 amide bonds. The predicted octanol–water partition coefficient (Wildman–Crippen LogP) is -0.191. The first kappa shape index (κ1) is 11.3. The molecule has 0 heterocycles. The Hall–Kier alpha value is -0.812. The third-order valence-electron chi connectivity index (χ3n) is 1.46. The second-order valence-corrected chi connectivity index (χ2v) is 6.14. The number of nitro benzene ring substituents is 1. The molecule has 1 aromatic carbocycles. The third-order valence-corrected chi connectivity index (χ3v) is 4.19. The first-order valence-corrected chi connectivity index (χ1v) is 7.08. The maximum atomic E-state index is 10.8. The van der Waals surface area contributed by atoms with Gasteiger partial charge in [-0.3, -0.25) is 0 Å². The number of rotatable bonds is 2. The molecule has 0 radical (unpaired) electrons. The third kappa shape index (κ3) is 2.36. The number of hydrogen-bond acceptors (Lipinski definition) is 3. The van der Waals surface area contributed by atoms with E-state index in [0.717, 1.165) is 18.2 Å². The molecule has 0 fully saturated rings. The number of nitrogens with zero attached hydrogens (tertiary/aromatic N) is 1. The standard InChI is InChI=1S/C6H5AsClNO5/c8-6-3-4(9(13)14)1-2-5(6)7(10,11)12/h1-3H,(H2,10,11,12). The molecule has 0 spiro atoms. The van der Waals surface area contributed by atoms with Crippen LogP contribution in [-0.4, -0.2) is 27.3 Å². The van der Waals surface area contributed by atoms with Gasteiger partial charge < -0.3 is 0 Å². The predicted molar refractivity (Wildman–Crippen MR) is 48.6 cm³/mol. The molecule has 8 heteroatoms. The summed E-state index contributed by atoms with van der Waals surface area (Å²) in [5.41, 5.74) is -0.303. The van der Waals surface area contributed by atoms with Crippen LogP contribution >= 0.6 is 11.6 Å². The molecule has 14 heavy (non-hydrogen) atoms. The average Bonchev–Trinajstić information content (AvgIpc) is 2.01. The summed E-state index contributed by atoms with van der Waals surface area (Å²) in [6.07, 6.45) is 0. The maximum absolute atomic E-state index is 10.8. The summed E-state index contributed by atoms with van der Waals surface area (Å²) < 4.78 is 28.1. The number of benzene rings is 1. The Balaban J connectivity index is 3.28. The number of halogens is 1. The molecule has 76 valence electrons. The van der Waals surface area contributed by atoms with Gasteiger partial charge in [-0.25, -0.2) is 0 Å². The number of nitro groups is 1. The Bertz CT molecular complexity index is 428. The Labute approximate surface area is 86.3 Å². The Morgan fingerprint density at radius 1 is 1.43 bits per heavy atom. The molecular weight excluding hydrogens is 276 g/mol. The van der Waals surface area contributed by atoms with Crippen molar-refractivity contribution in [3.05, 3.63) is 33.3 Å². The molecule has 0 aliphatic heterocycles. The van der Waals surface area contributed by atoms with Gasteiger partial charge in [0.25, 0.3) is 0 Å². The van der Waals surface area contributed by atoms with Crippen LogP contribution in [0.4, 0.5) is 5.69 Å². The van der Waals surface area contributed by atoms with Gasteiger partial charge in [-0.15, -0.1) is 0 Å². The van der Waals surface area contributed by atoms with Crippen LogP contribution in [0.2, 0.25) is 5.02 Å². The van der Waals surface area contributed by atoms with E-state index < -0.39 is 19.1 Å². The zero-order valence-electron chi connectivity index (χ0n) is 6.62. The first-order valence-electron chi connectivity index (χ1n) is 3.32. The molecule has 2 N–H and O–H groups in total. The van der Waals surface area contributed by atoms with Crippen molar-refractivity contribution in [3.8, 4) is 0 Å². The van der Waals surface area contributed by atoms with Crippen molar-refractivity contribution in [1.82, 2.24) is 0 Å². The molecule has 0 unspecified atom stereocenters. The van der Waals surface area contributed by atoms with Gasteiger partial charge in [-0.2, -0.15) is 0 Å². The summed E-state index contributed by atoms with van der Waals surface area (Å²) in [5, 5.41) is 9.99. The van der Waals surface area contributed by atoms with Crippen molar-refractivity contribution in [2.75, 3.05) is 0 Å². The van der Waals surface area contributed by atoms with Crippen LogP contribution in [0.3, 0.4) is 0 Å². The van der Waals surface area contributed by atoms with E-state index in [1.807, 2.05) is 0 Å². The zero-order valence-corrected chi connectivity index (χ0v) is 9.26. The summed E-state index contributed by atoms with van der Waals surface area (Å²) in [7, 11) is 0. The minimum atomic E-state index is -5.07. The van der Waals surface area contributed by atoms with Gasteiger partial charge in [0.1, 0.15) is 0 Å². The molecule has 0 bridgehead atoms. The van der Waals surface area contributed by atoms with Crippen molar-refractivity contribution >= 4 is 35.8 Å². The Morgan fingerprint density at radius 2 is 2.00 bits per heavy atom. The van der Waals surface area contributed by atoms with Crippen LogP contribution in [0, 0.1) is 10.1 Å². The molecule has 1 aromatic rings. The van der Waals surface area contributed by atoms with Crippen LogP contribution < -0.4 is 4.35 Å². The fourth-order valence-electron chi connectivity index (χ4n) is 0.846. The second-order valence-electron chi connectivity index (χ2n) is 2.44. The summed E-state index contributed by atoms with van der Waals surface area (Å²) >= 11 is 0.404. The Kier molecular flexibility index (Phi) is 3.01. The monoisotopic (exact) mass is 281 g/mol. The quantitative estimate of drug-likeness (QED) is 0.444. The molecular formula is C6H5AsClNO5. The summed E-state index contributed by atoms with van der Waals surface area (Å²) in [5.74, 6) is 0. The number of hydrogen-bond donors (Lipinski definition) is 2. The van der Waals surface area contributed by atoms with E-state index >= 15 is 0 Å². The van der Waals surface area contributed by atoms with Crippen molar-refractivity contribution in [3.63, 3.8) is 0 Å². The van der Waals surface area contributed by atoms with E-state index in [4.69, 9.17) is 19.8 Å². The summed E-state index contributed by atoms with van der Waals surface area (Å²) in [6.45, 7) is 0. The van der Waals surface area contributed by atoms with E-state index in [9.17, 15) is 13.9 Å². The molecule has 0 saturated heterocycles. The van der Waals surface area contributed by atoms with E-state index in [-0.39, 0.29) is 15.1 Å². The number of non-ortho nitro benzene ring substituents is 1. The van der Waals surface area contributed by atoms with Gasteiger partial charge >= 0.3 is 86.0 Å². The van der Waals surface area contributed by atoms with E-state index in [0.29, 0.717) is 0 Å². The molecule has 0 aliphatic carbocycles. The van der Waals surface area contributed by atoms with Crippen LogP contribution in [0.15, 0.2) is 18.2 Å². The van der Waals surface area contributed by atoms with Gasteiger partial charge in [-0.1, -0.05) is 0 Å². The molecule has 0 aromatic heterocycles. The molecule has 1 rings (SSSR count). The van der Waals surface area contributed by atoms with Crippen molar-refractivity contribution in [2.24, 2.45) is 0 Å². The topological polar surface area (TPSA) is 101 Å². The van der Waals surface area contributed by atoms with E-state index in [1.165, 1.54) is 0 Å². The first-order chi connectivity index (χ1) is 6.32. The van der Waals surface area contributed by atoms with Crippen LogP contribution in [0.5, 0.6) is 0 Å². The van der Waals surface area contributed by atoms with Crippen molar-refractivity contribution in [1.29, 1.82) is 0 Å². The normalized spacial score (nSPS) is 11.4. The van der Waals surface area contributed by atoms with Gasteiger partial charge in [-0.05, 0) is 0 Å². The SMILES string of the molecule is O=[N+]([O-])c1ccc([As](=O)(O)O)c(Cl)c1. The van der Waals surface area contributed by atoms with Gasteiger partial charge in [0.2, 0.25) is 0 Å². The minimum absolute atomic E-state index is 0.285. The van der Waals surface area contributed by atoms with Gasteiger partial charge in [0.15, 0.2) is 0 Å². The summed E-state index contributed by atoms with van der Waals surface area (Å²) in [4.78, 5) is 9.58. The zero-order chi connectivity index (χ0) is 10.9. The summed E-state index contributed by atoms with van der Waals surface area (Å²) in [6, 6.07) is 2.89. The fraction of sp³-hybridized carbons (Fsp3) is 0. The van der Waals surface area contributed by atoms with E-state index in [2.05, 4.69) is 0 Å². The van der Waals surface area contributed by atoms with Crippen molar-refractivity contribution in [2.45, 2.75) is 0 Å². The van der Waals surface area contributed by atoms with Crippen LogP contribution in [0.25, 0.3) is 0 Å². The van der Waals surface area contributed by atoms with Gasteiger partial charge in [0, 0.05) is 0 Å². The second kappa shape index (κ2) is 3.74. The van der Waals surface area contributed by atoms with E-state index in [1.54, 1.807) is 0 Å². The molecule has 6 nitrogen and oxygen atoms in total. The average molecular weight is 281 g/mol. The molecule has 0 saturated carbocycles.